The zero-order chi connectivity index (χ0) is 9.26. The molecule has 13 heavy (non-hydrogen) atoms. The third-order valence-corrected chi connectivity index (χ3v) is 2.35. The first kappa shape index (κ1) is 8.26. The minimum Gasteiger partial charge on any atom is -0.330 e. The maximum atomic E-state index is 5.63. The molecule has 3 nitrogen and oxygen atoms in total. The summed E-state index contributed by atoms with van der Waals surface area (Å²) in [5.41, 5.74) is 8.05. The largest absolute Gasteiger partial charge is 0.330 e. The third-order valence-electron chi connectivity index (χ3n) is 2.35. The maximum Gasteiger partial charge on any atom is 0.0696 e. The molecule has 68 valence electrons. The van der Waals surface area contributed by atoms with Crippen LogP contribution in [0.1, 0.15) is 18.4 Å². The Morgan fingerprint density at radius 2 is 2.38 bits per heavy atom. The Morgan fingerprint density at radius 1 is 1.54 bits per heavy atom. The lowest BCUT2D eigenvalue weighted by atomic mass is 10.0. The van der Waals surface area contributed by atoms with Crippen molar-refractivity contribution in [3.05, 3.63) is 36.2 Å². The summed E-state index contributed by atoms with van der Waals surface area (Å²) >= 11 is 0. The van der Waals surface area contributed by atoms with Crippen LogP contribution in [0.25, 0.3) is 5.52 Å². The Balaban J connectivity index is 2.60. The van der Waals surface area contributed by atoms with E-state index in [9.17, 15) is 0 Å². The quantitative estimate of drug-likeness (QED) is 0.749. The van der Waals surface area contributed by atoms with E-state index < -0.39 is 0 Å². The normalized spacial score (nSPS) is 13.4. The van der Waals surface area contributed by atoms with Crippen LogP contribution in [-0.4, -0.2) is 16.2 Å². The number of hydrogen-bond donors (Lipinski definition) is 1. The maximum absolute atomic E-state index is 5.63. The molecule has 0 aliphatic rings. The number of fused-ring (bicyclic) bond motifs is 1. The van der Waals surface area contributed by atoms with Gasteiger partial charge in [0.05, 0.1) is 5.52 Å². The highest BCUT2D eigenvalue weighted by Gasteiger charge is 2.07. The Bertz CT molecular complexity index is 405. The first-order valence-electron chi connectivity index (χ1n) is 4.45. The number of nitrogens with zero attached hydrogens (tertiary/aromatic N) is 2. The van der Waals surface area contributed by atoms with Crippen LogP contribution in [0.2, 0.25) is 0 Å². The van der Waals surface area contributed by atoms with E-state index in [0.29, 0.717) is 12.5 Å². The Kier molecular flexibility index (Phi) is 2.02. The highest BCUT2D eigenvalue weighted by Crippen LogP contribution is 2.18. The second-order valence-electron chi connectivity index (χ2n) is 3.26. The van der Waals surface area contributed by atoms with Gasteiger partial charge in [0, 0.05) is 12.4 Å². The molecule has 0 radical (unpaired) electrons. The van der Waals surface area contributed by atoms with Gasteiger partial charge in [0.15, 0.2) is 0 Å². The highest BCUT2D eigenvalue weighted by molar-refractivity contribution is 5.55. The van der Waals surface area contributed by atoms with Crippen molar-refractivity contribution in [2.24, 2.45) is 5.73 Å². The fourth-order valence-corrected chi connectivity index (χ4v) is 1.52. The van der Waals surface area contributed by atoms with Crippen LogP contribution < -0.4 is 5.73 Å². The SMILES string of the molecule is CC(CN)c1cccn2nccc12. The molecular weight excluding hydrogens is 162 g/mol. The molecule has 0 saturated carbocycles. The highest BCUT2D eigenvalue weighted by atomic mass is 15.2. The van der Waals surface area contributed by atoms with E-state index in [1.807, 2.05) is 29.0 Å². The first-order valence-corrected chi connectivity index (χ1v) is 4.45. The van der Waals surface area contributed by atoms with Crippen LogP contribution in [-0.2, 0) is 0 Å². The molecule has 0 saturated heterocycles. The van der Waals surface area contributed by atoms with Gasteiger partial charge in [0.2, 0.25) is 0 Å². The molecule has 0 aliphatic carbocycles. The van der Waals surface area contributed by atoms with Crippen LogP contribution in [0.4, 0.5) is 0 Å². The lowest BCUT2D eigenvalue weighted by Gasteiger charge is -2.09. The van der Waals surface area contributed by atoms with Crippen LogP contribution in [0.15, 0.2) is 30.6 Å². The fourth-order valence-electron chi connectivity index (χ4n) is 1.52. The van der Waals surface area contributed by atoms with Crippen molar-refractivity contribution in [1.29, 1.82) is 0 Å². The summed E-state index contributed by atoms with van der Waals surface area (Å²) in [4.78, 5) is 0. The minimum atomic E-state index is 0.389. The van der Waals surface area contributed by atoms with Crippen molar-refractivity contribution < 1.29 is 0 Å². The zero-order valence-electron chi connectivity index (χ0n) is 7.64. The van der Waals surface area contributed by atoms with Gasteiger partial charge in [-0.25, -0.2) is 4.52 Å². The molecule has 0 spiro atoms. The van der Waals surface area contributed by atoms with Crippen LogP contribution >= 0.6 is 0 Å². The van der Waals surface area contributed by atoms with Gasteiger partial charge >= 0.3 is 0 Å². The van der Waals surface area contributed by atoms with Gasteiger partial charge in [-0.2, -0.15) is 5.10 Å². The topological polar surface area (TPSA) is 43.3 Å². The molecule has 0 bridgehead atoms. The van der Waals surface area contributed by atoms with E-state index in [0.717, 1.165) is 5.52 Å². The predicted octanol–water partition coefficient (Wildman–Crippen LogP) is 1.40. The van der Waals surface area contributed by atoms with Crippen molar-refractivity contribution in [3.63, 3.8) is 0 Å². The molecule has 1 atom stereocenters. The Morgan fingerprint density at radius 3 is 3.15 bits per heavy atom. The second kappa shape index (κ2) is 3.18. The van der Waals surface area contributed by atoms with Crippen molar-refractivity contribution in [2.45, 2.75) is 12.8 Å². The minimum absolute atomic E-state index is 0.389. The summed E-state index contributed by atoms with van der Waals surface area (Å²) in [7, 11) is 0. The van der Waals surface area contributed by atoms with Gasteiger partial charge in [-0.05, 0) is 30.2 Å². The van der Waals surface area contributed by atoms with Crippen molar-refractivity contribution >= 4 is 5.52 Å². The average Bonchev–Trinajstić information content (AvgIpc) is 2.63. The van der Waals surface area contributed by atoms with Gasteiger partial charge in [-0.3, -0.25) is 0 Å². The molecular formula is C10H13N3. The average molecular weight is 175 g/mol. The van der Waals surface area contributed by atoms with Crippen LogP contribution in [0, 0.1) is 0 Å². The summed E-state index contributed by atoms with van der Waals surface area (Å²) in [5, 5.41) is 4.17. The second-order valence-corrected chi connectivity index (χ2v) is 3.26. The van der Waals surface area contributed by atoms with E-state index in [2.05, 4.69) is 18.1 Å². The smallest absolute Gasteiger partial charge is 0.0696 e. The summed E-state index contributed by atoms with van der Waals surface area (Å²) in [5.74, 6) is 0.389. The van der Waals surface area contributed by atoms with E-state index >= 15 is 0 Å². The molecule has 2 aromatic heterocycles. The summed E-state index contributed by atoms with van der Waals surface area (Å²) < 4.78 is 1.88. The van der Waals surface area contributed by atoms with Crippen LogP contribution in [0.5, 0.6) is 0 Å². The lowest BCUT2D eigenvalue weighted by molar-refractivity contribution is 0.772. The fraction of sp³-hybridized carbons (Fsp3) is 0.300. The predicted molar refractivity (Wildman–Crippen MR) is 52.7 cm³/mol. The molecule has 2 heterocycles. The van der Waals surface area contributed by atoms with Crippen molar-refractivity contribution in [1.82, 2.24) is 9.61 Å². The zero-order valence-corrected chi connectivity index (χ0v) is 7.64. The molecule has 0 fully saturated rings. The lowest BCUT2D eigenvalue weighted by Crippen LogP contribution is -2.09. The molecule has 0 aliphatic heterocycles. The monoisotopic (exact) mass is 175 g/mol. The molecule has 2 N–H and O–H groups in total. The Labute approximate surface area is 77.2 Å². The van der Waals surface area contributed by atoms with Gasteiger partial charge in [-0.15, -0.1) is 0 Å². The van der Waals surface area contributed by atoms with Crippen LogP contribution in [0.3, 0.4) is 0 Å². The van der Waals surface area contributed by atoms with Gasteiger partial charge in [0.25, 0.3) is 0 Å². The Hall–Kier alpha value is -1.35. The van der Waals surface area contributed by atoms with Crippen molar-refractivity contribution in [2.75, 3.05) is 6.54 Å². The molecule has 3 heteroatoms. The summed E-state index contributed by atoms with van der Waals surface area (Å²) in [6, 6.07) is 6.12. The van der Waals surface area contributed by atoms with E-state index in [-0.39, 0.29) is 0 Å². The third kappa shape index (κ3) is 1.31. The molecule has 0 amide bonds. The van der Waals surface area contributed by atoms with E-state index in [1.54, 1.807) is 0 Å². The molecule has 0 aromatic carbocycles. The number of pyridine rings is 1. The molecule has 2 aromatic rings. The molecule has 2 rings (SSSR count). The molecule has 1 unspecified atom stereocenters. The van der Waals surface area contributed by atoms with E-state index in [4.69, 9.17) is 5.73 Å². The van der Waals surface area contributed by atoms with E-state index in [1.165, 1.54) is 5.56 Å². The van der Waals surface area contributed by atoms with Gasteiger partial charge < -0.3 is 5.73 Å². The van der Waals surface area contributed by atoms with Crippen molar-refractivity contribution in [3.8, 4) is 0 Å². The number of hydrogen-bond acceptors (Lipinski definition) is 2. The summed E-state index contributed by atoms with van der Waals surface area (Å²) in [6.07, 6.45) is 3.75. The number of aromatic nitrogens is 2. The standard InChI is InChI=1S/C10H13N3/c1-8(7-11)9-3-2-6-13-10(9)4-5-12-13/h2-6,8H,7,11H2,1H3. The first-order chi connectivity index (χ1) is 6.33. The number of nitrogens with two attached hydrogens (primary N) is 1. The van der Waals surface area contributed by atoms with Gasteiger partial charge in [0.1, 0.15) is 0 Å². The summed E-state index contributed by atoms with van der Waals surface area (Å²) in [6.45, 7) is 2.80. The number of rotatable bonds is 2. The van der Waals surface area contributed by atoms with Gasteiger partial charge in [-0.1, -0.05) is 13.0 Å².